The molecular formula is C27H35ClN2O2. The minimum atomic E-state index is -0.187. The highest BCUT2D eigenvalue weighted by molar-refractivity contribution is 6.34. The first kappa shape index (κ1) is 24.3. The monoisotopic (exact) mass is 454 g/mol. The van der Waals surface area contributed by atoms with Crippen LogP contribution in [-0.2, 0) is 16.0 Å². The van der Waals surface area contributed by atoms with Gasteiger partial charge in [0.05, 0.1) is 11.6 Å². The third kappa shape index (κ3) is 7.09. The highest BCUT2D eigenvalue weighted by Crippen LogP contribution is 2.31. The molecule has 4 nitrogen and oxygen atoms in total. The molecule has 1 saturated carbocycles. The lowest BCUT2D eigenvalue weighted by atomic mass is 9.93. The van der Waals surface area contributed by atoms with Crippen LogP contribution in [0.5, 0.6) is 0 Å². The van der Waals surface area contributed by atoms with E-state index in [1.165, 1.54) is 25.3 Å². The number of halogens is 1. The Hall–Kier alpha value is -2.33. The minimum Gasteiger partial charge on any atom is -0.494 e. The lowest BCUT2D eigenvalue weighted by Crippen LogP contribution is -2.30. The third-order valence-corrected chi connectivity index (χ3v) is 6.52. The fourth-order valence-electron chi connectivity index (χ4n) is 3.79. The number of amides is 1. The number of carbonyl (C=O) groups is 1. The summed E-state index contributed by atoms with van der Waals surface area (Å²) in [6, 6.07) is 5.99. The van der Waals surface area contributed by atoms with Crippen molar-refractivity contribution in [2.45, 2.75) is 59.3 Å². The summed E-state index contributed by atoms with van der Waals surface area (Å²) >= 11 is 6.53. The minimum absolute atomic E-state index is 0.0542. The fourth-order valence-corrected chi connectivity index (χ4v) is 4.00. The number of hydrogen-bond acceptors (Lipinski definition) is 3. The molecule has 3 rings (SSSR count). The molecule has 0 radical (unpaired) electrons. The number of allylic oxidation sites excluding steroid dienone is 3. The van der Waals surface area contributed by atoms with Gasteiger partial charge in [0, 0.05) is 24.1 Å². The van der Waals surface area contributed by atoms with Gasteiger partial charge in [-0.15, -0.1) is 0 Å². The summed E-state index contributed by atoms with van der Waals surface area (Å²) in [4.78, 5) is 16.6. The molecule has 1 unspecified atom stereocenters. The molecule has 5 heteroatoms. The Morgan fingerprint density at radius 3 is 2.66 bits per heavy atom. The van der Waals surface area contributed by atoms with Crippen molar-refractivity contribution in [3.05, 3.63) is 70.6 Å². The number of rotatable bonds is 10. The summed E-state index contributed by atoms with van der Waals surface area (Å²) < 4.78 is 5.85. The van der Waals surface area contributed by atoms with Gasteiger partial charge in [0.1, 0.15) is 11.6 Å². The molecule has 2 aliphatic rings. The van der Waals surface area contributed by atoms with E-state index >= 15 is 0 Å². The second-order valence-corrected chi connectivity index (χ2v) is 9.30. The summed E-state index contributed by atoms with van der Waals surface area (Å²) in [5, 5.41) is 3.43. The van der Waals surface area contributed by atoms with Crippen LogP contribution in [0.15, 0.2) is 59.5 Å². The van der Waals surface area contributed by atoms with Crippen molar-refractivity contribution >= 4 is 23.3 Å². The second-order valence-electron chi connectivity index (χ2n) is 8.90. The lowest BCUT2D eigenvalue weighted by Gasteiger charge is -2.19. The van der Waals surface area contributed by atoms with Crippen molar-refractivity contribution in [2.75, 3.05) is 6.61 Å². The molecule has 1 aromatic rings. The van der Waals surface area contributed by atoms with Gasteiger partial charge in [-0.25, -0.2) is 4.99 Å². The number of nitrogens with zero attached hydrogens (tertiary/aromatic N) is 1. The predicted molar refractivity (Wildman–Crippen MR) is 133 cm³/mol. The van der Waals surface area contributed by atoms with E-state index in [0.717, 1.165) is 49.5 Å². The van der Waals surface area contributed by atoms with Crippen LogP contribution >= 0.6 is 11.6 Å². The lowest BCUT2D eigenvalue weighted by molar-refractivity contribution is -0.117. The quantitative estimate of drug-likeness (QED) is 0.319. The number of nitrogens with one attached hydrogen (secondary N) is 1. The summed E-state index contributed by atoms with van der Waals surface area (Å²) in [5.41, 5.74) is 2.61. The van der Waals surface area contributed by atoms with E-state index in [-0.39, 0.29) is 11.8 Å². The Morgan fingerprint density at radius 1 is 1.31 bits per heavy atom. The molecule has 1 fully saturated rings. The Morgan fingerprint density at radius 2 is 2.06 bits per heavy atom. The molecule has 32 heavy (non-hydrogen) atoms. The largest absolute Gasteiger partial charge is 0.494 e. The van der Waals surface area contributed by atoms with Crippen LogP contribution in [0.4, 0.5) is 0 Å². The Labute approximate surface area is 197 Å². The van der Waals surface area contributed by atoms with Gasteiger partial charge in [-0.05, 0) is 67.4 Å². The number of aliphatic imine (C=N–C) groups is 1. The molecule has 1 atom stereocenters. The Kier molecular flexibility index (Phi) is 8.75. The van der Waals surface area contributed by atoms with Crippen LogP contribution in [0.3, 0.4) is 0 Å². The standard InChI is InChI=1S/C27H35ClN2O2/c1-5-20(6-2)15-22-9-14-26(28)25(16-22)27(30-19(4)31)29-18(3)23-10-12-24(13-11-23)32-17-21-7-8-21/h9-10,12-14,16,20-21,23H,3,5-8,11,15,17H2,1-2,4H3,(H,29,30,31). The van der Waals surface area contributed by atoms with Crippen LogP contribution in [0.2, 0.25) is 5.02 Å². The molecule has 1 amide bonds. The van der Waals surface area contributed by atoms with Gasteiger partial charge in [0.15, 0.2) is 0 Å². The normalized spacial score (nSPS) is 18.5. The number of ether oxygens (including phenoxy) is 1. The molecule has 1 aromatic carbocycles. The van der Waals surface area contributed by atoms with Crippen molar-refractivity contribution in [3.63, 3.8) is 0 Å². The van der Waals surface area contributed by atoms with Crippen LogP contribution in [-0.4, -0.2) is 18.3 Å². The van der Waals surface area contributed by atoms with Gasteiger partial charge >= 0.3 is 0 Å². The maximum absolute atomic E-state index is 11.9. The first-order chi connectivity index (χ1) is 15.4. The molecule has 172 valence electrons. The highest BCUT2D eigenvalue weighted by atomic mass is 35.5. The summed E-state index contributed by atoms with van der Waals surface area (Å²) in [7, 11) is 0. The predicted octanol–water partition coefficient (Wildman–Crippen LogP) is 6.60. The van der Waals surface area contributed by atoms with Gasteiger partial charge < -0.3 is 10.1 Å². The van der Waals surface area contributed by atoms with E-state index in [0.29, 0.717) is 22.5 Å². The summed E-state index contributed by atoms with van der Waals surface area (Å²) in [6.07, 6.45) is 12.7. The zero-order chi connectivity index (χ0) is 23.1. The second kappa shape index (κ2) is 11.5. The SMILES string of the molecule is C=C(/N=C(\NC(C)=O)c1cc(CC(CC)CC)ccc1Cl)C1C=CC(OCC2CC2)=CC1. The fraction of sp³-hybridized carbons (Fsp3) is 0.481. The topological polar surface area (TPSA) is 50.7 Å². The van der Waals surface area contributed by atoms with Crippen LogP contribution in [0.1, 0.15) is 64.0 Å². The van der Waals surface area contributed by atoms with E-state index in [2.05, 4.69) is 44.0 Å². The van der Waals surface area contributed by atoms with Crippen molar-refractivity contribution in [3.8, 4) is 0 Å². The average molecular weight is 455 g/mol. The number of carbonyl (C=O) groups excluding carboxylic acids is 1. The molecule has 0 saturated heterocycles. The first-order valence-electron chi connectivity index (χ1n) is 11.7. The van der Waals surface area contributed by atoms with E-state index in [1.807, 2.05) is 18.2 Å². The van der Waals surface area contributed by atoms with Crippen LogP contribution in [0, 0.1) is 17.8 Å². The smallest absolute Gasteiger partial charge is 0.222 e. The van der Waals surface area contributed by atoms with Gasteiger partial charge in [-0.3, -0.25) is 4.79 Å². The molecule has 0 bridgehead atoms. The highest BCUT2D eigenvalue weighted by Gasteiger charge is 2.23. The molecule has 0 heterocycles. The van der Waals surface area contributed by atoms with Crippen molar-refractivity contribution in [2.24, 2.45) is 22.7 Å². The van der Waals surface area contributed by atoms with E-state index in [4.69, 9.17) is 21.3 Å². The summed E-state index contributed by atoms with van der Waals surface area (Å²) in [5.74, 6) is 2.59. The van der Waals surface area contributed by atoms with Gasteiger partial charge in [-0.2, -0.15) is 0 Å². The van der Waals surface area contributed by atoms with Crippen molar-refractivity contribution in [1.82, 2.24) is 5.32 Å². The van der Waals surface area contributed by atoms with Gasteiger partial charge in [-0.1, -0.05) is 57.0 Å². The van der Waals surface area contributed by atoms with Crippen LogP contribution < -0.4 is 5.32 Å². The van der Waals surface area contributed by atoms with Gasteiger partial charge in [0.2, 0.25) is 5.91 Å². The Bertz CT molecular complexity index is 924. The van der Waals surface area contributed by atoms with E-state index in [1.54, 1.807) is 0 Å². The molecule has 0 aromatic heterocycles. The third-order valence-electron chi connectivity index (χ3n) is 6.19. The summed E-state index contributed by atoms with van der Waals surface area (Å²) in [6.45, 7) is 10.9. The average Bonchev–Trinajstić information content (AvgIpc) is 3.61. The zero-order valence-electron chi connectivity index (χ0n) is 19.5. The number of benzene rings is 1. The zero-order valence-corrected chi connectivity index (χ0v) is 20.3. The van der Waals surface area contributed by atoms with Crippen LogP contribution in [0.25, 0.3) is 0 Å². The van der Waals surface area contributed by atoms with Gasteiger partial charge in [0.25, 0.3) is 0 Å². The molecule has 2 aliphatic carbocycles. The van der Waals surface area contributed by atoms with Crippen molar-refractivity contribution < 1.29 is 9.53 Å². The molecule has 0 spiro atoms. The Balaban J connectivity index is 1.76. The first-order valence-corrected chi connectivity index (χ1v) is 12.1. The maximum Gasteiger partial charge on any atom is 0.222 e. The van der Waals surface area contributed by atoms with Crippen molar-refractivity contribution in [1.29, 1.82) is 0 Å². The van der Waals surface area contributed by atoms with E-state index < -0.39 is 0 Å². The maximum atomic E-state index is 11.9. The number of amidine groups is 1. The molecule has 0 aliphatic heterocycles. The van der Waals surface area contributed by atoms with E-state index in [9.17, 15) is 4.79 Å². The molecule has 1 N–H and O–H groups in total. The number of hydrogen-bond donors (Lipinski definition) is 1. The molecular weight excluding hydrogens is 420 g/mol.